The van der Waals surface area contributed by atoms with Gasteiger partial charge < -0.3 is 21.3 Å². The first kappa shape index (κ1) is 14.1. The SMILES string of the molecule is CCC[C@@H](NC(N)=O)C(=O)N1C2CCNCC1CC2. The van der Waals surface area contributed by atoms with Gasteiger partial charge in [0.25, 0.3) is 0 Å². The van der Waals surface area contributed by atoms with Gasteiger partial charge in [0.15, 0.2) is 0 Å². The summed E-state index contributed by atoms with van der Waals surface area (Å²) in [6.07, 6.45) is 4.62. The van der Waals surface area contributed by atoms with E-state index in [1.807, 2.05) is 11.8 Å². The Hall–Kier alpha value is -1.30. The number of urea groups is 1. The number of primary amides is 1. The minimum absolute atomic E-state index is 0.0388. The lowest BCUT2D eigenvalue weighted by atomic mass is 10.1. The molecule has 2 fully saturated rings. The molecule has 19 heavy (non-hydrogen) atoms. The summed E-state index contributed by atoms with van der Waals surface area (Å²) in [5.74, 6) is 0.0388. The fourth-order valence-corrected chi connectivity index (χ4v) is 3.24. The fourth-order valence-electron chi connectivity index (χ4n) is 3.24. The van der Waals surface area contributed by atoms with Gasteiger partial charge in [-0.2, -0.15) is 0 Å². The van der Waals surface area contributed by atoms with Crippen molar-refractivity contribution in [3.8, 4) is 0 Å². The molecule has 0 aromatic carbocycles. The smallest absolute Gasteiger partial charge is 0.312 e. The van der Waals surface area contributed by atoms with Crippen molar-refractivity contribution in [1.29, 1.82) is 0 Å². The Morgan fingerprint density at radius 3 is 2.79 bits per heavy atom. The van der Waals surface area contributed by atoms with Crippen LogP contribution in [0.3, 0.4) is 0 Å². The summed E-state index contributed by atoms with van der Waals surface area (Å²) in [4.78, 5) is 25.7. The monoisotopic (exact) mass is 268 g/mol. The topological polar surface area (TPSA) is 87.5 Å². The molecule has 2 rings (SSSR count). The molecule has 4 N–H and O–H groups in total. The molecule has 6 heteroatoms. The maximum atomic E-state index is 12.7. The molecule has 0 aliphatic carbocycles. The standard InChI is InChI=1S/C13H24N4O2/c1-2-3-11(16-13(14)19)12(18)17-9-4-5-10(17)8-15-7-6-9/h9-11,15H,2-8H2,1H3,(H3,14,16,19)/t9?,10?,11-/m1/s1. The molecule has 0 radical (unpaired) electrons. The first-order valence-electron chi connectivity index (χ1n) is 7.22. The Morgan fingerprint density at radius 1 is 1.37 bits per heavy atom. The van der Waals surface area contributed by atoms with Crippen LogP contribution in [-0.4, -0.2) is 48.1 Å². The second kappa shape index (κ2) is 6.23. The van der Waals surface area contributed by atoms with E-state index in [1.54, 1.807) is 0 Å². The number of hydrogen-bond donors (Lipinski definition) is 3. The normalized spacial score (nSPS) is 27.7. The van der Waals surface area contributed by atoms with Crippen LogP contribution in [-0.2, 0) is 4.79 Å². The summed E-state index contributed by atoms with van der Waals surface area (Å²) in [6, 6.07) is -0.494. The number of nitrogens with zero attached hydrogens (tertiary/aromatic N) is 1. The maximum Gasteiger partial charge on any atom is 0.312 e. The molecule has 3 atom stereocenters. The number of carbonyl (C=O) groups is 2. The molecular formula is C13H24N4O2. The van der Waals surface area contributed by atoms with Crippen LogP contribution in [0.1, 0.15) is 39.0 Å². The second-order valence-corrected chi connectivity index (χ2v) is 5.47. The van der Waals surface area contributed by atoms with Crippen LogP contribution < -0.4 is 16.4 Å². The highest BCUT2D eigenvalue weighted by Gasteiger charge is 2.40. The largest absolute Gasteiger partial charge is 0.352 e. The van der Waals surface area contributed by atoms with Gasteiger partial charge in [0.1, 0.15) is 6.04 Å². The number of amides is 3. The first-order valence-corrected chi connectivity index (χ1v) is 7.22. The Kier molecular flexibility index (Phi) is 4.63. The molecule has 2 aliphatic rings. The van der Waals surface area contributed by atoms with Crippen LogP contribution in [0.4, 0.5) is 4.79 Å². The van der Waals surface area contributed by atoms with Gasteiger partial charge in [0.05, 0.1) is 0 Å². The predicted octanol–water partition coefficient (Wildman–Crippen LogP) is 0.176. The van der Waals surface area contributed by atoms with Gasteiger partial charge in [-0.05, 0) is 32.2 Å². The van der Waals surface area contributed by atoms with Crippen molar-refractivity contribution in [1.82, 2.24) is 15.5 Å². The summed E-state index contributed by atoms with van der Waals surface area (Å²) in [5, 5.41) is 5.96. The van der Waals surface area contributed by atoms with Gasteiger partial charge >= 0.3 is 6.03 Å². The Morgan fingerprint density at radius 2 is 2.11 bits per heavy atom. The quantitative estimate of drug-likeness (QED) is 0.679. The Labute approximate surface area is 114 Å². The van der Waals surface area contributed by atoms with Gasteiger partial charge in [-0.1, -0.05) is 13.3 Å². The van der Waals surface area contributed by atoms with Crippen molar-refractivity contribution < 1.29 is 9.59 Å². The van der Waals surface area contributed by atoms with E-state index in [9.17, 15) is 9.59 Å². The second-order valence-electron chi connectivity index (χ2n) is 5.47. The summed E-state index contributed by atoms with van der Waals surface area (Å²) in [7, 11) is 0. The lowest BCUT2D eigenvalue weighted by Gasteiger charge is -2.31. The molecule has 2 saturated heterocycles. The summed E-state index contributed by atoms with van der Waals surface area (Å²) < 4.78 is 0. The van der Waals surface area contributed by atoms with Gasteiger partial charge in [-0.25, -0.2) is 4.79 Å². The number of fused-ring (bicyclic) bond motifs is 2. The van der Waals surface area contributed by atoms with E-state index in [1.165, 1.54) is 0 Å². The van der Waals surface area contributed by atoms with Crippen molar-refractivity contribution in [2.75, 3.05) is 13.1 Å². The zero-order chi connectivity index (χ0) is 13.8. The van der Waals surface area contributed by atoms with E-state index in [2.05, 4.69) is 10.6 Å². The van der Waals surface area contributed by atoms with Crippen LogP contribution in [0.2, 0.25) is 0 Å². The highest BCUT2D eigenvalue weighted by Crippen LogP contribution is 2.28. The minimum Gasteiger partial charge on any atom is -0.352 e. The van der Waals surface area contributed by atoms with Crippen molar-refractivity contribution in [3.63, 3.8) is 0 Å². The lowest BCUT2D eigenvalue weighted by Crippen LogP contribution is -2.53. The molecule has 3 amide bonds. The Bertz CT molecular complexity index is 334. The average Bonchev–Trinajstić information content (AvgIpc) is 2.61. The van der Waals surface area contributed by atoms with Crippen LogP contribution in [0, 0.1) is 0 Å². The van der Waals surface area contributed by atoms with E-state index in [4.69, 9.17) is 5.73 Å². The van der Waals surface area contributed by atoms with Gasteiger partial charge in [-0.3, -0.25) is 4.79 Å². The molecular weight excluding hydrogens is 244 g/mol. The maximum absolute atomic E-state index is 12.7. The fraction of sp³-hybridized carbons (Fsp3) is 0.846. The molecule has 108 valence electrons. The lowest BCUT2D eigenvalue weighted by molar-refractivity contribution is -0.136. The van der Waals surface area contributed by atoms with E-state index >= 15 is 0 Å². The molecule has 0 spiro atoms. The Balaban J connectivity index is 2.09. The highest BCUT2D eigenvalue weighted by atomic mass is 16.2. The van der Waals surface area contributed by atoms with Crippen LogP contribution in [0.5, 0.6) is 0 Å². The third-order valence-corrected chi connectivity index (χ3v) is 4.10. The average molecular weight is 268 g/mol. The molecule has 2 heterocycles. The third kappa shape index (κ3) is 3.18. The molecule has 0 aromatic rings. The number of rotatable bonds is 4. The van der Waals surface area contributed by atoms with Crippen molar-refractivity contribution >= 4 is 11.9 Å². The number of carbonyl (C=O) groups excluding carboxylic acids is 2. The summed E-state index contributed by atoms with van der Waals surface area (Å²) >= 11 is 0. The van der Waals surface area contributed by atoms with Gasteiger partial charge in [0.2, 0.25) is 5.91 Å². The molecule has 2 unspecified atom stereocenters. The van der Waals surface area contributed by atoms with Crippen LogP contribution in [0.15, 0.2) is 0 Å². The number of nitrogens with two attached hydrogens (primary N) is 1. The first-order chi connectivity index (χ1) is 9.13. The third-order valence-electron chi connectivity index (χ3n) is 4.10. The van der Waals surface area contributed by atoms with E-state index < -0.39 is 12.1 Å². The van der Waals surface area contributed by atoms with Crippen molar-refractivity contribution in [2.45, 2.75) is 57.2 Å². The van der Waals surface area contributed by atoms with Gasteiger partial charge in [0, 0.05) is 18.6 Å². The van der Waals surface area contributed by atoms with E-state index in [0.29, 0.717) is 12.5 Å². The van der Waals surface area contributed by atoms with Gasteiger partial charge in [-0.15, -0.1) is 0 Å². The zero-order valence-electron chi connectivity index (χ0n) is 11.5. The molecule has 6 nitrogen and oxygen atoms in total. The molecule has 2 aliphatic heterocycles. The van der Waals surface area contributed by atoms with Crippen molar-refractivity contribution in [3.05, 3.63) is 0 Å². The van der Waals surface area contributed by atoms with E-state index in [0.717, 1.165) is 38.8 Å². The number of hydrogen-bond acceptors (Lipinski definition) is 3. The van der Waals surface area contributed by atoms with Crippen molar-refractivity contribution in [2.24, 2.45) is 5.73 Å². The number of nitrogens with one attached hydrogen (secondary N) is 2. The predicted molar refractivity (Wildman–Crippen MR) is 72.6 cm³/mol. The van der Waals surface area contributed by atoms with E-state index in [-0.39, 0.29) is 11.9 Å². The minimum atomic E-state index is -0.618. The molecule has 2 bridgehead atoms. The van der Waals surface area contributed by atoms with Crippen LogP contribution in [0.25, 0.3) is 0 Å². The summed E-state index contributed by atoms with van der Waals surface area (Å²) in [6.45, 7) is 3.83. The zero-order valence-corrected chi connectivity index (χ0v) is 11.5. The highest BCUT2D eigenvalue weighted by molar-refractivity contribution is 5.87. The molecule has 0 aromatic heterocycles. The molecule has 0 saturated carbocycles. The van der Waals surface area contributed by atoms with Crippen LogP contribution >= 0.6 is 0 Å². The summed E-state index contributed by atoms with van der Waals surface area (Å²) in [5.41, 5.74) is 5.17.